The van der Waals surface area contributed by atoms with Crippen LogP contribution in [0.5, 0.6) is 5.75 Å². The highest BCUT2D eigenvalue weighted by Crippen LogP contribution is 2.28. The zero-order valence-electron chi connectivity index (χ0n) is 15.4. The number of hydrogen-bond donors (Lipinski definition) is 2. The van der Waals surface area contributed by atoms with Crippen molar-refractivity contribution in [2.45, 2.75) is 31.6 Å². The molecule has 2 aromatic rings. The summed E-state index contributed by atoms with van der Waals surface area (Å²) >= 11 is 0. The predicted molar refractivity (Wildman–Crippen MR) is 100 cm³/mol. The molecule has 0 saturated heterocycles. The third-order valence-corrected chi connectivity index (χ3v) is 4.91. The van der Waals surface area contributed by atoms with E-state index in [1.807, 2.05) is 37.3 Å². The number of nitrogens with one attached hydrogen (secondary N) is 1. The van der Waals surface area contributed by atoms with E-state index in [4.69, 9.17) is 4.74 Å². The van der Waals surface area contributed by atoms with E-state index < -0.39 is 11.4 Å². The second kappa shape index (κ2) is 8.52. The average molecular weight is 355 g/mol. The Morgan fingerprint density at radius 3 is 2.23 bits per heavy atom. The standard InChI is InChI=1S/C21H25NO4/c1-4-21(20(24)25,17-8-6-5-7-9-17)14-22-19(23)15(2)16-10-12-18(26-3)13-11-16/h5-13,15H,4,14H2,1-3H3,(H,22,23)(H,24,25). The number of aliphatic carboxylic acids is 1. The Hall–Kier alpha value is -2.82. The number of carboxylic acid groups (broad SMARTS) is 1. The molecule has 26 heavy (non-hydrogen) atoms. The molecule has 0 aliphatic rings. The minimum atomic E-state index is -1.14. The Morgan fingerprint density at radius 2 is 1.73 bits per heavy atom. The second-order valence-electron chi connectivity index (χ2n) is 6.32. The van der Waals surface area contributed by atoms with Gasteiger partial charge in [0.2, 0.25) is 5.91 Å². The summed E-state index contributed by atoms with van der Waals surface area (Å²) in [5.41, 5.74) is 0.393. The van der Waals surface area contributed by atoms with Gasteiger partial charge in [-0.25, -0.2) is 0 Å². The molecule has 2 unspecified atom stereocenters. The molecular weight excluding hydrogens is 330 g/mol. The van der Waals surface area contributed by atoms with Crippen LogP contribution in [0.2, 0.25) is 0 Å². The van der Waals surface area contributed by atoms with Crippen LogP contribution in [0.25, 0.3) is 0 Å². The third-order valence-electron chi connectivity index (χ3n) is 4.91. The minimum Gasteiger partial charge on any atom is -0.497 e. The Balaban J connectivity index is 2.14. The van der Waals surface area contributed by atoms with Crippen LogP contribution in [-0.4, -0.2) is 30.6 Å². The van der Waals surface area contributed by atoms with Gasteiger partial charge < -0.3 is 15.2 Å². The summed E-state index contributed by atoms with van der Waals surface area (Å²) in [6, 6.07) is 16.3. The van der Waals surface area contributed by atoms with E-state index in [2.05, 4.69) is 5.32 Å². The normalized spacial score (nSPS) is 14.1. The summed E-state index contributed by atoms with van der Waals surface area (Å²) < 4.78 is 5.13. The summed E-state index contributed by atoms with van der Waals surface area (Å²) in [5, 5.41) is 12.7. The molecular formula is C21H25NO4. The Labute approximate surface area is 154 Å². The molecule has 0 fully saturated rings. The first-order chi connectivity index (χ1) is 12.4. The number of ether oxygens (including phenoxy) is 1. The van der Waals surface area contributed by atoms with Gasteiger partial charge in [-0.1, -0.05) is 49.4 Å². The molecule has 1 amide bonds. The molecule has 5 heteroatoms. The minimum absolute atomic E-state index is 0.0438. The highest BCUT2D eigenvalue weighted by molar-refractivity contribution is 5.86. The Kier molecular flexibility index (Phi) is 6.39. The van der Waals surface area contributed by atoms with Gasteiger partial charge in [0.25, 0.3) is 0 Å². The summed E-state index contributed by atoms with van der Waals surface area (Å²) in [6.45, 7) is 3.66. The van der Waals surface area contributed by atoms with Gasteiger partial charge in [0.1, 0.15) is 11.2 Å². The van der Waals surface area contributed by atoms with Gasteiger partial charge in [-0.05, 0) is 36.6 Å². The molecule has 0 spiro atoms. The molecule has 0 saturated carbocycles. The predicted octanol–water partition coefficient (Wildman–Crippen LogP) is 3.35. The van der Waals surface area contributed by atoms with Crippen LogP contribution in [0, 0.1) is 0 Å². The van der Waals surface area contributed by atoms with Crippen molar-refractivity contribution in [1.29, 1.82) is 0 Å². The fraction of sp³-hybridized carbons (Fsp3) is 0.333. The molecule has 2 atom stereocenters. The number of carbonyl (C=O) groups is 2. The third kappa shape index (κ3) is 4.04. The first-order valence-electron chi connectivity index (χ1n) is 8.65. The van der Waals surface area contributed by atoms with E-state index in [1.165, 1.54) is 0 Å². The molecule has 2 aromatic carbocycles. The zero-order valence-corrected chi connectivity index (χ0v) is 15.4. The lowest BCUT2D eigenvalue weighted by molar-refractivity contribution is -0.144. The Bertz CT molecular complexity index is 742. The van der Waals surface area contributed by atoms with Crippen molar-refractivity contribution in [2.24, 2.45) is 0 Å². The fourth-order valence-electron chi connectivity index (χ4n) is 2.97. The van der Waals surface area contributed by atoms with Crippen LogP contribution >= 0.6 is 0 Å². The van der Waals surface area contributed by atoms with Crippen molar-refractivity contribution < 1.29 is 19.4 Å². The maximum absolute atomic E-state index is 12.6. The summed E-state index contributed by atoms with van der Waals surface area (Å²) in [6.07, 6.45) is 0.379. The van der Waals surface area contributed by atoms with Crippen molar-refractivity contribution in [3.8, 4) is 5.75 Å². The van der Waals surface area contributed by atoms with Gasteiger partial charge in [0.15, 0.2) is 0 Å². The van der Waals surface area contributed by atoms with E-state index in [9.17, 15) is 14.7 Å². The van der Waals surface area contributed by atoms with Crippen LogP contribution in [0.3, 0.4) is 0 Å². The molecule has 0 bridgehead atoms. The van der Waals surface area contributed by atoms with Crippen molar-refractivity contribution in [3.63, 3.8) is 0 Å². The average Bonchev–Trinajstić information content (AvgIpc) is 2.68. The van der Waals surface area contributed by atoms with Crippen LogP contribution in [0.15, 0.2) is 54.6 Å². The van der Waals surface area contributed by atoms with Gasteiger partial charge in [0, 0.05) is 6.54 Å². The maximum Gasteiger partial charge on any atom is 0.315 e. The lowest BCUT2D eigenvalue weighted by Crippen LogP contribution is -2.47. The van der Waals surface area contributed by atoms with Gasteiger partial charge >= 0.3 is 5.97 Å². The van der Waals surface area contributed by atoms with E-state index in [0.717, 1.165) is 11.3 Å². The van der Waals surface area contributed by atoms with Crippen molar-refractivity contribution >= 4 is 11.9 Å². The lowest BCUT2D eigenvalue weighted by Gasteiger charge is -2.29. The van der Waals surface area contributed by atoms with Gasteiger partial charge in [0.05, 0.1) is 13.0 Å². The molecule has 2 rings (SSSR count). The van der Waals surface area contributed by atoms with Gasteiger partial charge in [-0.2, -0.15) is 0 Å². The van der Waals surface area contributed by atoms with Gasteiger partial charge in [-0.3, -0.25) is 9.59 Å². The summed E-state index contributed by atoms with van der Waals surface area (Å²) in [4.78, 5) is 24.6. The van der Waals surface area contributed by atoms with Gasteiger partial charge in [-0.15, -0.1) is 0 Å². The molecule has 5 nitrogen and oxygen atoms in total. The molecule has 0 heterocycles. The van der Waals surface area contributed by atoms with Crippen molar-refractivity contribution in [3.05, 3.63) is 65.7 Å². The number of methoxy groups -OCH3 is 1. The SMILES string of the molecule is CCC(CNC(=O)C(C)c1ccc(OC)cc1)(C(=O)O)c1ccccc1. The van der Waals surface area contributed by atoms with E-state index in [0.29, 0.717) is 12.0 Å². The highest BCUT2D eigenvalue weighted by atomic mass is 16.5. The van der Waals surface area contributed by atoms with E-state index in [-0.39, 0.29) is 18.4 Å². The van der Waals surface area contributed by atoms with Crippen LogP contribution in [0.4, 0.5) is 0 Å². The second-order valence-corrected chi connectivity index (χ2v) is 6.32. The monoisotopic (exact) mass is 355 g/mol. The molecule has 0 aliphatic carbocycles. The number of benzene rings is 2. The Morgan fingerprint density at radius 1 is 1.12 bits per heavy atom. The molecule has 138 valence electrons. The molecule has 2 N–H and O–H groups in total. The van der Waals surface area contributed by atoms with Crippen LogP contribution < -0.4 is 10.1 Å². The molecule has 0 radical (unpaired) electrons. The smallest absolute Gasteiger partial charge is 0.315 e. The number of amides is 1. The quantitative estimate of drug-likeness (QED) is 0.761. The first-order valence-corrected chi connectivity index (χ1v) is 8.65. The summed E-state index contributed by atoms with van der Waals surface area (Å²) in [5.74, 6) is -0.810. The number of carbonyl (C=O) groups excluding carboxylic acids is 1. The highest BCUT2D eigenvalue weighted by Gasteiger charge is 2.39. The van der Waals surface area contributed by atoms with Crippen molar-refractivity contribution in [2.75, 3.05) is 13.7 Å². The number of rotatable bonds is 8. The largest absolute Gasteiger partial charge is 0.497 e. The number of hydrogen-bond acceptors (Lipinski definition) is 3. The topological polar surface area (TPSA) is 75.6 Å². The zero-order chi connectivity index (χ0) is 19.2. The molecule has 0 aromatic heterocycles. The fourth-order valence-corrected chi connectivity index (χ4v) is 2.97. The van der Waals surface area contributed by atoms with Crippen molar-refractivity contribution in [1.82, 2.24) is 5.32 Å². The molecule has 0 aliphatic heterocycles. The van der Waals surface area contributed by atoms with E-state index in [1.54, 1.807) is 38.3 Å². The lowest BCUT2D eigenvalue weighted by atomic mass is 9.78. The van der Waals surface area contributed by atoms with Crippen LogP contribution in [0.1, 0.15) is 37.3 Å². The first kappa shape index (κ1) is 19.5. The number of carboxylic acids is 1. The van der Waals surface area contributed by atoms with E-state index >= 15 is 0 Å². The maximum atomic E-state index is 12.6. The van der Waals surface area contributed by atoms with Crippen LogP contribution in [-0.2, 0) is 15.0 Å². The summed E-state index contributed by atoms with van der Waals surface area (Å²) in [7, 11) is 1.59.